The first-order valence-electron chi connectivity index (χ1n) is 6.63. The van der Waals surface area contributed by atoms with Crippen LogP contribution < -0.4 is 5.73 Å². The number of benzene rings is 1. The zero-order chi connectivity index (χ0) is 13.5. The van der Waals surface area contributed by atoms with Crippen molar-refractivity contribution in [3.63, 3.8) is 0 Å². The van der Waals surface area contributed by atoms with Crippen LogP contribution in [-0.4, -0.2) is 10.7 Å². The van der Waals surface area contributed by atoms with E-state index in [0.717, 1.165) is 23.6 Å². The average Bonchev–Trinajstić information content (AvgIpc) is 2.81. The molecule has 0 aliphatic carbocycles. The average molecular weight is 290 g/mol. The molecule has 2 N–H and O–H groups in total. The molecule has 4 heteroatoms. The molecule has 2 heterocycles. The second-order valence-electron chi connectivity index (χ2n) is 4.94. The molecule has 1 unspecified atom stereocenters. The minimum absolute atomic E-state index is 0.398. The Balaban J connectivity index is 2.13. The van der Waals surface area contributed by atoms with Gasteiger partial charge in [-0.2, -0.15) is 0 Å². The van der Waals surface area contributed by atoms with Crippen LogP contribution in [0.4, 0.5) is 0 Å². The van der Waals surface area contributed by atoms with Gasteiger partial charge in [-0.15, -0.1) is 23.1 Å². The van der Waals surface area contributed by atoms with Gasteiger partial charge >= 0.3 is 0 Å². The fourth-order valence-corrected chi connectivity index (χ4v) is 4.96. The van der Waals surface area contributed by atoms with Crippen LogP contribution in [0.2, 0.25) is 0 Å². The lowest BCUT2D eigenvalue weighted by Gasteiger charge is -2.33. The SMILES string of the molecule is CCc1nc(C2(N)CCSc3ccccc32)sc1C. The lowest BCUT2D eigenvalue weighted by molar-refractivity contribution is 0.502. The maximum atomic E-state index is 6.76. The summed E-state index contributed by atoms with van der Waals surface area (Å²) in [6.07, 6.45) is 1.94. The Morgan fingerprint density at radius 2 is 2.16 bits per heavy atom. The Morgan fingerprint density at radius 3 is 2.89 bits per heavy atom. The number of nitrogens with zero attached hydrogens (tertiary/aromatic N) is 1. The van der Waals surface area contributed by atoms with Crippen molar-refractivity contribution in [1.82, 2.24) is 4.98 Å². The van der Waals surface area contributed by atoms with Crippen molar-refractivity contribution in [2.75, 3.05) is 5.75 Å². The standard InChI is InChI=1S/C15H18N2S2/c1-3-12-10(2)19-14(17-12)15(16)8-9-18-13-7-5-4-6-11(13)15/h4-7H,3,8-9,16H2,1-2H3. The van der Waals surface area contributed by atoms with Crippen LogP contribution in [0, 0.1) is 6.92 Å². The molecule has 100 valence electrons. The predicted octanol–water partition coefficient (Wildman–Crippen LogP) is 3.71. The second kappa shape index (κ2) is 4.93. The predicted molar refractivity (Wildman–Crippen MR) is 83.0 cm³/mol. The largest absolute Gasteiger partial charge is 0.316 e. The normalized spacial score (nSPS) is 22.3. The summed E-state index contributed by atoms with van der Waals surface area (Å²) in [6.45, 7) is 4.30. The summed E-state index contributed by atoms with van der Waals surface area (Å²) in [5, 5.41) is 1.08. The van der Waals surface area contributed by atoms with Crippen LogP contribution in [0.5, 0.6) is 0 Å². The Hall–Kier alpha value is -0.840. The number of aryl methyl sites for hydroxylation is 2. The lowest BCUT2D eigenvalue weighted by atomic mass is 9.88. The number of hydrogen-bond donors (Lipinski definition) is 1. The zero-order valence-electron chi connectivity index (χ0n) is 11.3. The van der Waals surface area contributed by atoms with E-state index in [1.807, 2.05) is 11.8 Å². The highest BCUT2D eigenvalue weighted by atomic mass is 32.2. The maximum Gasteiger partial charge on any atom is 0.118 e. The molecule has 0 spiro atoms. The van der Waals surface area contributed by atoms with Gasteiger partial charge in [-0.25, -0.2) is 4.98 Å². The Bertz CT molecular complexity index is 606. The highest BCUT2D eigenvalue weighted by Gasteiger charge is 2.37. The van der Waals surface area contributed by atoms with Crippen LogP contribution in [0.1, 0.15) is 34.5 Å². The van der Waals surface area contributed by atoms with Crippen molar-refractivity contribution >= 4 is 23.1 Å². The van der Waals surface area contributed by atoms with Gasteiger partial charge in [-0.3, -0.25) is 0 Å². The summed E-state index contributed by atoms with van der Waals surface area (Å²) in [5.41, 5.74) is 8.80. The fraction of sp³-hybridized carbons (Fsp3) is 0.400. The summed E-state index contributed by atoms with van der Waals surface area (Å²) >= 11 is 3.66. The van der Waals surface area contributed by atoms with Crippen LogP contribution in [0.25, 0.3) is 0 Å². The third-order valence-corrected chi connectivity index (χ3v) is 6.00. The maximum absolute atomic E-state index is 6.76. The number of fused-ring (bicyclic) bond motifs is 1. The van der Waals surface area contributed by atoms with E-state index in [1.165, 1.54) is 21.0 Å². The first-order valence-corrected chi connectivity index (χ1v) is 8.43. The molecule has 2 aromatic rings. The number of hydrogen-bond acceptors (Lipinski definition) is 4. The van der Waals surface area contributed by atoms with E-state index in [1.54, 1.807) is 11.3 Å². The van der Waals surface area contributed by atoms with Gasteiger partial charge in [-0.05, 0) is 31.4 Å². The van der Waals surface area contributed by atoms with E-state index in [-0.39, 0.29) is 0 Å². The van der Waals surface area contributed by atoms with E-state index >= 15 is 0 Å². The van der Waals surface area contributed by atoms with E-state index in [4.69, 9.17) is 10.7 Å². The molecule has 0 radical (unpaired) electrons. The molecule has 1 aromatic carbocycles. The Labute approximate surface area is 122 Å². The number of thiazole rings is 1. The third kappa shape index (κ3) is 2.12. The van der Waals surface area contributed by atoms with Crippen molar-refractivity contribution in [1.29, 1.82) is 0 Å². The Morgan fingerprint density at radius 1 is 1.37 bits per heavy atom. The second-order valence-corrected chi connectivity index (χ2v) is 7.28. The van der Waals surface area contributed by atoms with Crippen molar-refractivity contribution in [3.8, 4) is 0 Å². The third-order valence-electron chi connectivity index (χ3n) is 3.73. The minimum Gasteiger partial charge on any atom is -0.316 e. The van der Waals surface area contributed by atoms with Gasteiger partial charge in [0.05, 0.1) is 11.2 Å². The smallest absolute Gasteiger partial charge is 0.118 e. The van der Waals surface area contributed by atoms with Crippen molar-refractivity contribution in [2.45, 2.75) is 37.1 Å². The number of thioether (sulfide) groups is 1. The van der Waals surface area contributed by atoms with Crippen molar-refractivity contribution in [2.24, 2.45) is 5.73 Å². The molecular weight excluding hydrogens is 272 g/mol. The highest BCUT2D eigenvalue weighted by Crippen LogP contribution is 2.43. The van der Waals surface area contributed by atoms with Gasteiger partial charge in [0.2, 0.25) is 0 Å². The molecule has 0 bridgehead atoms. The number of aromatic nitrogens is 1. The quantitative estimate of drug-likeness (QED) is 0.916. The van der Waals surface area contributed by atoms with Crippen LogP contribution >= 0.6 is 23.1 Å². The summed E-state index contributed by atoms with van der Waals surface area (Å²) in [7, 11) is 0. The van der Waals surface area contributed by atoms with Crippen molar-refractivity contribution < 1.29 is 0 Å². The lowest BCUT2D eigenvalue weighted by Crippen LogP contribution is -2.40. The van der Waals surface area contributed by atoms with Gasteiger partial charge in [-0.1, -0.05) is 25.1 Å². The van der Waals surface area contributed by atoms with Crippen LogP contribution in [0.15, 0.2) is 29.2 Å². The van der Waals surface area contributed by atoms with Crippen LogP contribution in [0.3, 0.4) is 0 Å². The molecule has 1 aromatic heterocycles. The molecule has 0 fully saturated rings. The van der Waals surface area contributed by atoms with Gasteiger partial charge in [0.1, 0.15) is 5.01 Å². The van der Waals surface area contributed by atoms with E-state index in [2.05, 4.69) is 38.1 Å². The van der Waals surface area contributed by atoms with Crippen molar-refractivity contribution in [3.05, 3.63) is 45.4 Å². The zero-order valence-corrected chi connectivity index (χ0v) is 12.9. The topological polar surface area (TPSA) is 38.9 Å². The summed E-state index contributed by atoms with van der Waals surface area (Å²) in [5.74, 6) is 1.06. The number of nitrogens with two attached hydrogens (primary N) is 1. The first kappa shape index (κ1) is 13.2. The highest BCUT2D eigenvalue weighted by molar-refractivity contribution is 7.99. The first-order chi connectivity index (χ1) is 9.15. The van der Waals surface area contributed by atoms with Crippen LogP contribution in [-0.2, 0) is 12.0 Å². The molecule has 19 heavy (non-hydrogen) atoms. The van der Waals surface area contributed by atoms with E-state index in [9.17, 15) is 0 Å². The molecule has 0 saturated heterocycles. The molecule has 0 saturated carbocycles. The van der Waals surface area contributed by atoms with Gasteiger partial charge < -0.3 is 5.73 Å². The molecule has 2 nitrogen and oxygen atoms in total. The van der Waals surface area contributed by atoms with E-state index < -0.39 is 5.54 Å². The molecule has 0 amide bonds. The molecular formula is C15H18N2S2. The number of rotatable bonds is 2. The summed E-state index contributed by atoms with van der Waals surface area (Å²) in [6, 6.07) is 8.49. The monoisotopic (exact) mass is 290 g/mol. The molecule has 1 aliphatic heterocycles. The summed E-state index contributed by atoms with van der Waals surface area (Å²) in [4.78, 5) is 7.42. The molecule has 3 rings (SSSR count). The summed E-state index contributed by atoms with van der Waals surface area (Å²) < 4.78 is 0. The van der Waals surface area contributed by atoms with Gasteiger partial charge in [0, 0.05) is 15.5 Å². The molecule has 1 aliphatic rings. The van der Waals surface area contributed by atoms with Gasteiger partial charge in [0.25, 0.3) is 0 Å². The molecule has 1 atom stereocenters. The van der Waals surface area contributed by atoms with E-state index in [0.29, 0.717) is 0 Å². The fourth-order valence-electron chi connectivity index (χ4n) is 2.59. The minimum atomic E-state index is -0.398. The Kier molecular flexibility index (Phi) is 3.41. The van der Waals surface area contributed by atoms with Gasteiger partial charge in [0.15, 0.2) is 0 Å².